The van der Waals surface area contributed by atoms with Gasteiger partial charge in [0.2, 0.25) is 0 Å². The monoisotopic (exact) mass is 258 g/mol. The summed E-state index contributed by atoms with van der Waals surface area (Å²) in [6.45, 7) is 4.19. The van der Waals surface area contributed by atoms with E-state index < -0.39 is 0 Å². The van der Waals surface area contributed by atoms with Gasteiger partial charge in [-0.15, -0.1) is 0 Å². The van der Waals surface area contributed by atoms with Gasteiger partial charge in [0, 0.05) is 24.1 Å². The van der Waals surface area contributed by atoms with E-state index in [1.54, 1.807) is 0 Å². The van der Waals surface area contributed by atoms with E-state index in [0.29, 0.717) is 16.1 Å². The summed E-state index contributed by atoms with van der Waals surface area (Å²) in [5.41, 5.74) is 5.68. The van der Waals surface area contributed by atoms with E-state index in [9.17, 15) is 0 Å². The van der Waals surface area contributed by atoms with Gasteiger partial charge in [-0.25, -0.2) is 9.97 Å². The van der Waals surface area contributed by atoms with Crippen LogP contribution in [0.4, 0.5) is 11.6 Å². The molecule has 0 amide bonds. The first-order chi connectivity index (χ1) is 7.68. The Morgan fingerprint density at radius 3 is 3.12 bits per heavy atom. The van der Waals surface area contributed by atoms with Crippen molar-refractivity contribution in [3.63, 3.8) is 0 Å². The predicted octanol–water partition coefficient (Wildman–Crippen LogP) is 2.04. The highest BCUT2D eigenvalue weighted by Crippen LogP contribution is 2.29. The van der Waals surface area contributed by atoms with E-state index in [1.165, 1.54) is 6.33 Å². The Labute approximate surface area is 105 Å². The highest BCUT2D eigenvalue weighted by Gasteiger charge is 2.18. The lowest BCUT2D eigenvalue weighted by Crippen LogP contribution is -2.27. The highest BCUT2D eigenvalue weighted by molar-refractivity contribution is 7.99. The zero-order valence-corrected chi connectivity index (χ0v) is 10.8. The number of nitrogen functional groups attached to an aromatic ring is 1. The van der Waals surface area contributed by atoms with Crippen LogP contribution < -0.4 is 10.6 Å². The second-order valence-corrected chi connectivity index (χ2v) is 5.78. The lowest BCUT2D eigenvalue weighted by Gasteiger charge is -2.22. The van der Waals surface area contributed by atoms with Crippen molar-refractivity contribution < 1.29 is 0 Å². The highest BCUT2D eigenvalue weighted by atomic mass is 35.5. The average molecular weight is 259 g/mol. The molecule has 1 aromatic heterocycles. The minimum atomic E-state index is 0.358. The molecule has 1 atom stereocenters. The van der Waals surface area contributed by atoms with Crippen LogP contribution in [0.1, 0.15) is 13.3 Å². The van der Waals surface area contributed by atoms with Crippen LogP contribution in [0.15, 0.2) is 6.33 Å². The van der Waals surface area contributed by atoms with E-state index in [1.807, 2.05) is 11.8 Å². The van der Waals surface area contributed by atoms with Crippen molar-refractivity contribution in [3.05, 3.63) is 11.3 Å². The van der Waals surface area contributed by atoms with Crippen molar-refractivity contribution in [1.82, 2.24) is 9.97 Å². The molecule has 1 fully saturated rings. The third-order valence-corrected chi connectivity index (χ3v) is 4.25. The van der Waals surface area contributed by atoms with Crippen molar-refractivity contribution in [2.75, 3.05) is 29.5 Å². The lowest BCUT2D eigenvalue weighted by atomic mass is 10.3. The molecule has 88 valence electrons. The van der Waals surface area contributed by atoms with E-state index in [0.717, 1.165) is 31.1 Å². The molecule has 2 N–H and O–H groups in total. The molecule has 4 nitrogen and oxygen atoms in total. The first kappa shape index (κ1) is 11.8. The SMILES string of the molecule is CC1CCN(c2ncnc(N)c2Cl)CCS1. The molecule has 0 saturated carbocycles. The van der Waals surface area contributed by atoms with Gasteiger partial charge >= 0.3 is 0 Å². The molecule has 1 aliphatic rings. The summed E-state index contributed by atoms with van der Waals surface area (Å²) in [6, 6.07) is 0. The maximum Gasteiger partial charge on any atom is 0.153 e. The summed E-state index contributed by atoms with van der Waals surface area (Å²) in [6.07, 6.45) is 2.61. The predicted molar refractivity (Wildman–Crippen MR) is 70.2 cm³/mol. The lowest BCUT2D eigenvalue weighted by molar-refractivity contribution is 0.753. The van der Waals surface area contributed by atoms with E-state index in [4.69, 9.17) is 17.3 Å². The number of nitrogens with two attached hydrogens (primary N) is 1. The molecule has 0 radical (unpaired) electrons. The normalized spacial score (nSPS) is 21.9. The number of nitrogens with zero attached hydrogens (tertiary/aromatic N) is 3. The molecule has 0 spiro atoms. The summed E-state index contributed by atoms with van der Waals surface area (Å²) in [5.74, 6) is 2.22. The van der Waals surface area contributed by atoms with Gasteiger partial charge in [-0.3, -0.25) is 0 Å². The molecule has 1 saturated heterocycles. The van der Waals surface area contributed by atoms with Crippen LogP contribution >= 0.6 is 23.4 Å². The van der Waals surface area contributed by atoms with Gasteiger partial charge < -0.3 is 10.6 Å². The molecular weight excluding hydrogens is 244 g/mol. The number of aromatic nitrogens is 2. The summed E-state index contributed by atoms with van der Waals surface area (Å²) >= 11 is 8.11. The zero-order valence-electron chi connectivity index (χ0n) is 9.19. The van der Waals surface area contributed by atoms with Gasteiger partial charge in [0.15, 0.2) is 5.82 Å². The summed E-state index contributed by atoms with van der Waals surface area (Å²) < 4.78 is 0. The third kappa shape index (κ3) is 2.52. The summed E-state index contributed by atoms with van der Waals surface area (Å²) in [7, 11) is 0. The van der Waals surface area contributed by atoms with Gasteiger partial charge in [-0.2, -0.15) is 11.8 Å². The number of anilines is 2. The van der Waals surface area contributed by atoms with Gasteiger partial charge in [0.1, 0.15) is 17.2 Å². The Morgan fingerprint density at radius 1 is 1.50 bits per heavy atom. The smallest absolute Gasteiger partial charge is 0.153 e. The van der Waals surface area contributed by atoms with Crippen molar-refractivity contribution in [1.29, 1.82) is 0 Å². The Morgan fingerprint density at radius 2 is 2.31 bits per heavy atom. The Bertz CT molecular complexity index is 374. The maximum atomic E-state index is 6.12. The second-order valence-electron chi connectivity index (χ2n) is 3.85. The molecule has 1 aliphatic heterocycles. The van der Waals surface area contributed by atoms with Gasteiger partial charge in [-0.1, -0.05) is 18.5 Å². The van der Waals surface area contributed by atoms with Crippen LogP contribution in [-0.2, 0) is 0 Å². The molecule has 1 aromatic rings. The fourth-order valence-electron chi connectivity index (χ4n) is 1.70. The standard InChI is InChI=1S/C10H15ClN4S/c1-7-2-3-15(4-5-16-7)10-8(11)9(12)13-6-14-10/h6-7H,2-5H2,1H3,(H2,12,13,14). The molecule has 0 aromatic carbocycles. The minimum absolute atomic E-state index is 0.358. The molecule has 16 heavy (non-hydrogen) atoms. The molecule has 0 bridgehead atoms. The molecule has 2 heterocycles. The van der Waals surface area contributed by atoms with E-state index >= 15 is 0 Å². The van der Waals surface area contributed by atoms with Crippen LogP contribution in [0, 0.1) is 0 Å². The summed E-state index contributed by atoms with van der Waals surface area (Å²) in [5, 5.41) is 1.17. The number of hydrogen-bond acceptors (Lipinski definition) is 5. The summed E-state index contributed by atoms with van der Waals surface area (Å²) in [4.78, 5) is 10.3. The van der Waals surface area contributed by atoms with Crippen LogP contribution in [0.5, 0.6) is 0 Å². The zero-order chi connectivity index (χ0) is 11.5. The van der Waals surface area contributed by atoms with Gasteiger partial charge in [-0.05, 0) is 6.42 Å². The van der Waals surface area contributed by atoms with Crippen molar-refractivity contribution >= 4 is 35.0 Å². The second kappa shape index (κ2) is 5.10. The van der Waals surface area contributed by atoms with Gasteiger partial charge in [0.05, 0.1) is 0 Å². The van der Waals surface area contributed by atoms with E-state index in [-0.39, 0.29) is 0 Å². The molecule has 2 rings (SSSR count). The largest absolute Gasteiger partial charge is 0.382 e. The average Bonchev–Trinajstić information content (AvgIpc) is 2.47. The quantitative estimate of drug-likeness (QED) is 0.836. The minimum Gasteiger partial charge on any atom is -0.382 e. The first-order valence-corrected chi connectivity index (χ1v) is 6.73. The van der Waals surface area contributed by atoms with Crippen molar-refractivity contribution in [3.8, 4) is 0 Å². The number of rotatable bonds is 1. The van der Waals surface area contributed by atoms with Gasteiger partial charge in [0.25, 0.3) is 0 Å². The molecular formula is C10H15ClN4S. The number of halogens is 1. The molecule has 0 aliphatic carbocycles. The molecule has 1 unspecified atom stereocenters. The number of thioether (sulfide) groups is 1. The topological polar surface area (TPSA) is 55.0 Å². The third-order valence-electron chi connectivity index (χ3n) is 2.67. The number of hydrogen-bond donors (Lipinski definition) is 1. The van der Waals surface area contributed by atoms with Crippen LogP contribution in [0.2, 0.25) is 5.02 Å². The van der Waals surface area contributed by atoms with Crippen molar-refractivity contribution in [2.45, 2.75) is 18.6 Å². The van der Waals surface area contributed by atoms with Crippen LogP contribution in [-0.4, -0.2) is 34.1 Å². The van der Waals surface area contributed by atoms with Crippen molar-refractivity contribution in [2.24, 2.45) is 0 Å². The maximum absolute atomic E-state index is 6.12. The first-order valence-electron chi connectivity index (χ1n) is 5.31. The molecule has 6 heteroatoms. The Balaban J connectivity index is 2.20. The van der Waals surface area contributed by atoms with E-state index in [2.05, 4.69) is 21.8 Å². The Hall–Kier alpha value is -0.680. The fraction of sp³-hybridized carbons (Fsp3) is 0.600. The van der Waals surface area contributed by atoms with Crippen LogP contribution in [0.3, 0.4) is 0 Å². The van der Waals surface area contributed by atoms with Crippen LogP contribution in [0.25, 0.3) is 0 Å². The Kier molecular flexibility index (Phi) is 3.76. The fourth-order valence-corrected chi connectivity index (χ4v) is 2.92.